The van der Waals surface area contributed by atoms with Crippen molar-refractivity contribution in [2.24, 2.45) is 5.41 Å². The smallest absolute Gasteiger partial charge is 0.222 e. The Balaban J connectivity index is 1.30. The Hall–Kier alpha value is -1.79. The minimum Gasteiger partial charge on any atom is -0.348 e. The maximum absolute atomic E-state index is 12.4. The van der Waals surface area contributed by atoms with E-state index in [4.69, 9.17) is 0 Å². The zero-order valence-electron chi connectivity index (χ0n) is 16.7. The van der Waals surface area contributed by atoms with Crippen molar-refractivity contribution in [1.82, 2.24) is 19.8 Å². The van der Waals surface area contributed by atoms with Crippen molar-refractivity contribution in [2.45, 2.75) is 43.5 Å². The molecule has 1 aromatic heterocycles. The Morgan fingerprint density at radius 1 is 1.18 bits per heavy atom. The van der Waals surface area contributed by atoms with Crippen molar-refractivity contribution < 1.29 is 4.79 Å². The van der Waals surface area contributed by atoms with Crippen LogP contribution in [0.15, 0.2) is 41.7 Å². The third-order valence-electron chi connectivity index (χ3n) is 6.44. The van der Waals surface area contributed by atoms with Crippen molar-refractivity contribution in [2.75, 3.05) is 32.4 Å². The van der Waals surface area contributed by atoms with E-state index in [1.54, 1.807) is 18.1 Å². The normalized spacial score (nSPS) is 20.0. The van der Waals surface area contributed by atoms with Gasteiger partial charge in [-0.15, -0.1) is 11.8 Å². The Kier molecular flexibility index (Phi) is 6.07. The van der Waals surface area contributed by atoms with Crippen LogP contribution in [0, 0.1) is 5.41 Å². The van der Waals surface area contributed by atoms with Gasteiger partial charge in [0.15, 0.2) is 0 Å². The van der Waals surface area contributed by atoms with Crippen LogP contribution < -0.4 is 0 Å². The van der Waals surface area contributed by atoms with E-state index < -0.39 is 0 Å². The van der Waals surface area contributed by atoms with Crippen LogP contribution in [0.5, 0.6) is 0 Å². The van der Waals surface area contributed by atoms with Crippen LogP contribution in [0.25, 0.3) is 0 Å². The summed E-state index contributed by atoms with van der Waals surface area (Å²) in [4.78, 5) is 25.6. The summed E-state index contributed by atoms with van der Waals surface area (Å²) >= 11 is 1.79. The zero-order valence-corrected chi connectivity index (χ0v) is 17.5. The number of likely N-dealkylation sites (tertiary alicyclic amines) is 2. The second kappa shape index (κ2) is 8.70. The van der Waals surface area contributed by atoms with Gasteiger partial charge in [0.1, 0.15) is 0 Å². The molecule has 1 N–H and O–H groups in total. The van der Waals surface area contributed by atoms with E-state index in [2.05, 4.69) is 50.3 Å². The molecule has 0 radical (unpaired) electrons. The molecule has 150 valence electrons. The summed E-state index contributed by atoms with van der Waals surface area (Å²) in [7, 11) is 0. The van der Waals surface area contributed by atoms with Crippen molar-refractivity contribution in [3.8, 4) is 0 Å². The van der Waals surface area contributed by atoms with Crippen LogP contribution in [-0.2, 0) is 17.8 Å². The van der Waals surface area contributed by atoms with Crippen LogP contribution in [-0.4, -0.2) is 58.1 Å². The van der Waals surface area contributed by atoms with Crippen LogP contribution in [0.4, 0.5) is 0 Å². The van der Waals surface area contributed by atoms with Crippen LogP contribution in [0.1, 0.15) is 36.9 Å². The highest BCUT2D eigenvalue weighted by Crippen LogP contribution is 2.40. The number of hydrogen-bond donors (Lipinski definition) is 1. The molecule has 2 saturated heterocycles. The molecule has 2 aliphatic rings. The number of rotatable bonds is 6. The monoisotopic (exact) mass is 398 g/mol. The van der Waals surface area contributed by atoms with E-state index in [1.165, 1.54) is 23.3 Å². The molecule has 28 heavy (non-hydrogen) atoms. The average Bonchev–Trinajstić information content (AvgIpc) is 3.25. The second-order valence-corrected chi connectivity index (χ2v) is 9.15. The third-order valence-corrected chi connectivity index (χ3v) is 7.18. The van der Waals surface area contributed by atoms with Gasteiger partial charge in [-0.3, -0.25) is 9.69 Å². The Labute approximate surface area is 171 Å². The van der Waals surface area contributed by atoms with Gasteiger partial charge in [-0.2, -0.15) is 0 Å². The molecule has 2 aromatic rings. The summed E-state index contributed by atoms with van der Waals surface area (Å²) in [6, 6.07) is 8.95. The highest BCUT2D eigenvalue weighted by Gasteiger charge is 2.40. The molecule has 5 nitrogen and oxygen atoms in total. The number of nitrogens with one attached hydrogen (secondary N) is 1. The number of imidazole rings is 1. The molecule has 0 aliphatic carbocycles. The van der Waals surface area contributed by atoms with Gasteiger partial charge in [0, 0.05) is 49.3 Å². The molecule has 0 saturated carbocycles. The van der Waals surface area contributed by atoms with Gasteiger partial charge < -0.3 is 9.88 Å². The number of H-pyrrole nitrogens is 1. The van der Waals surface area contributed by atoms with Gasteiger partial charge in [0.2, 0.25) is 5.91 Å². The first kappa shape index (κ1) is 19.5. The molecule has 0 unspecified atom stereocenters. The van der Waals surface area contributed by atoms with Crippen LogP contribution in [0.2, 0.25) is 0 Å². The van der Waals surface area contributed by atoms with Gasteiger partial charge in [0.05, 0.1) is 6.33 Å². The lowest BCUT2D eigenvalue weighted by atomic mass is 9.72. The van der Waals surface area contributed by atoms with Crippen LogP contribution >= 0.6 is 11.8 Å². The van der Waals surface area contributed by atoms with E-state index in [1.807, 2.05) is 6.20 Å². The quantitative estimate of drug-likeness (QED) is 0.756. The topological polar surface area (TPSA) is 52.2 Å². The summed E-state index contributed by atoms with van der Waals surface area (Å²) in [5.41, 5.74) is 2.82. The van der Waals surface area contributed by atoms with Crippen molar-refractivity contribution >= 4 is 17.7 Å². The summed E-state index contributed by atoms with van der Waals surface area (Å²) < 4.78 is 0. The molecule has 2 aliphatic heterocycles. The van der Waals surface area contributed by atoms with E-state index in [9.17, 15) is 4.79 Å². The Morgan fingerprint density at radius 3 is 2.64 bits per heavy atom. The molecule has 4 rings (SSSR count). The lowest BCUT2D eigenvalue weighted by molar-refractivity contribution is -0.139. The van der Waals surface area contributed by atoms with Gasteiger partial charge in [-0.25, -0.2) is 4.98 Å². The zero-order chi connectivity index (χ0) is 19.4. The highest BCUT2D eigenvalue weighted by molar-refractivity contribution is 7.98. The predicted octanol–water partition coefficient (Wildman–Crippen LogP) is 3.58. The van der Waals surface area contributed by atoms with Crippen molar-refractivity contribution in [3.63, 3.8) is 0 Å². The molecule has 1 amide bonds. The maximum atomic E-state index is 12.4. The largest absolute Gasteiger partial charge is 0.348 e. The molecular formula is C22H30N4OS. The molecule has 0 bridgehead atoms. The van der Waals surface area contributed by atoms with Gasteiger partial charge >= 0.3 is 0 Å². The van der Waals surface area contributed by atoms with E-state index >= 15 is 0 Å². The third kappa shape index (κ3) is 4.61. The average molecular weight is 399 g/mol. The molecule has 3 heterocycles. The fourth-order valence-corrected chi connectivity index (χ4v) is 4.97. The molecule has 1 aromatic carbocycles. The number of aromatic nitrogens is 2. The van der Waals surface area contributed by atoms with Gasteiger partial charge in [-0.1, -0.05) is 12.1 Å². The lowest BCUT2D eigenvalue weighted by Crippen LogP contribution is -2.51. The highest BCUT2D eigenvalue weighted by atomic mass is 32.2. The minimum atomic E-state index is 0.321. The number of carbonyl (C=O) groups excluding carboxylic acids is 1. The first-order valence-electron chi connectivity index (χ1n) is 10.3. The molecule has 6 heteroatoms. The number of nitrogens with zero attached hydrogens (tertiary/aromatic N) is 3. The fourth-order valence-electron chi connectivity index (χ4n) is 4.57. The molecular weight excluding hydrogens is 368 g/mol. The Morgan fingerprint density at radius 2 is 1.96 bits per heavy atom. The van der Waals surface area contributed by atoms with E-state index in [0.29, 0.717) is 17.7 Å². The number of amides is 1. The summed E-state index contributed by atoms with van der Waals surface area (Å²) in [5, 5.41) is 0. The molecule has 2 fully saturated rings. The molecule has 0 atom stereocenters. The lowest BCUT2D eigenvalue weighted by Gasteiger charge is -2.47. The summed E-state index contributed by atoms with van der Waals surface area (Å²) in [6.07, 6.45) is 10.7. The molecule has 1 spiro atoms. The fraction of sp³-hybridized carbons (Fsp3) is 0.545. The second-order valence-electron chi connectivity index (χ2n) is 8.27. The number of thioether (sulfide) groups is 1. The summed E-state index contributed by atoms with van der Waals surface area (Å²) in [5.74, 6) is 0.321. The predicted molar refractivity (Wildman–Crippen MR) is 113 cm³/mol. The van der Waals surface area contributed by atoms with E-state index in [0.717, 1.165) is 51.3 Å². The van der Waals surface area contributed by atoms with Crippen LogP contribution in [0.3, 0.4) is 0 Å². The minimum absolute atomic E-state index is 0.321. The van der Waals surface area contributed by atoms with E-state index in [-0.39, 0.29) is 0 Å². The first-order valence-corrected chi connectivity index (χ1v) is 11.5. The maximum Gasteiger partial charge on any atom is 0.222 e. The number of carbonyl (C=O) groups is 1. The van der Waals surface area contributed by atoms with Gasteiger partial charge in [-0.05, 0) is 61.7 Å². The Bertz CT molecular complexity index is 766. The van der Waals surface area contributed by atoms with Crippen molar-refractivity contribution in [3.05, 3.63) is 48.0 Å². The number of hydrogen-bond acceptors (Lipinski definition) is 4. The number of aromatic amines is 1. The summed E-state index contributed by atoms with van der Waals surface area (Å²) in [6.45, 7) is 5.03. The number of piperidine rings is 2. The first-order chi connectivity index (χ1) is 13.7. The van der Waals surface area contributed by atoms with Crippen molar-refractivity contribution in [1.29, 1.82) is 0 Å². The SMILES string of the molecule is CSc1ccc(CN2CCC3(CCC(=O)N(CCc4cnc[nH]4)C3)CC2)cc1. The number of benzene rings is 1. The standard InChI is InChI=1S/C22H30N4OS/c1-28-20-4-2-18(3-5-20)15-25-12-9-22(10-13-25)8-6-21(27)26(16-22)11-7-19-14-23-17-24-19/h2-5,14,17H,6-13,15-16H2,1H3,(H,23,24). The van der Waals surface area contributed by atoms with Gasteiger partial charge in [0.25, 0.3) is 0 Å².